The van der Waals surface area contributed by atoms with Crippen molar-refractivity contribution >= 4 is 28.5 Å². The number of hydrogen-bond acceptors (Lipinski definition) is 5. The van der Waals surface area contributed by atoms with Gasteiger partial charge in [0.1, 0.15) is 11.5 Å². The van der Waals surface area contributed by atoms with Crippen LogP contribution in [0, 0.1) is 12.3 Å². The van der Waals surface area contributed by atoms with Crippen LogP contribution in [0.1, 0.15) is 12.5 Å². The Kier molecular flexibility index (Phi) is 3.61. The summed E-state index contributed by atoms with van der Waals surface area (Å²) in [7, 11) is 1.56. The maximum absolute atomic E-state index is 7.78. The Morgan fingerprint density at radius 1 is 1.10 bits per heavy atom. The maximum atomic E-state index is 7.78. The van der Waals surface area contributed by atoms with Gasteiger partial charge in [0.15, 0.2) is 0 Å². The zero-order chi connectivity index (χ0) is 14.9. The van der Waals surface area contributed by atoms with Crippen LogP contribution >= 0.6 is 0 Å². The fourth-order valence-corrected chi connectivity index (χ4v) is 1.88. The quantitative estimate of drug-likeness (QED) is 0.569. The fraction of sp³-hybridized carbons (Fsp3) is 0.200. The van der Waals surface area contributed by atoms with Crippen molar-refractivity contribution in [3.8, 4) is 0 Å². The standard InChI is InChI=1S/C15H18N4O/c1-8-4-13(12(18)6-10(8)16)19-14-5-9(2)11(17)7-15(14)20-3/h4-7,17H,16,18H2,1-3H3. The predicted molar refractivity (Wildman–Crippen MR) is 83.7 cm³/mol. The fourth-order valence-electron chi connectivity index (χ4n) is 1.88. The van der Waals surface area contributed by atoms with Gasteiger partial charge >= 0.3 is 0 Å². The number of methoxy groups -OCH3 is 1. The Hall–Kier alpha value is -2.56. The van der Waals surface area contributed by atoms with Gasteiger partial charge < -0.3 is 21.6 Å². The summed E-state index contributed by atoms with van der Waals surface area (Å²) >= 11 is 0. The highest BCUT2D eigenvalue weighted by atomic mass is 16.5. The van der Waals surface area contributed by atoms with Crippen LogP contribution in [0.3, 0.4) is 0 Å². The molecule has 0 amide bonds. The summed E-state index contributed by atoms with van der Waals surface area (Å²) in [4.78, 5) is 4.53. The molecule has 5 heteroatoms. The van der Waals surface area contributed by atoms with Crippen molar-refractivity contribution in [3.63, 3.8) is 0 Å². The second-order valence-corrected chi connectivity index (χ2v) is 4.72. The first kappa shape index (κ1) is 13.9. The Morgan fingerprint density at radius 2 is 1.80 bits per heavy atom. The average molecular weight is 270 g/mol. The van der Waals surface area contributed by atoms with E-state index in [9.17, 15) is 0 Å². The summed E-state index contributed by atoms with van der Waals surface area (Å²) in [6, 6.07) is 3.54. The lowest BCUT2D eigenvalue weighted by atomic mass is 10.0. The molecule has 0 saturated heterocycles. The second kappa shape index (κ2) is 5.21. The average Bonchev–Trinajstić information content (AvgIpc) is 2.39. The molecule has 2 rings (SSSR count). The summed E-state index contributed by atoms with van der Waals surface area (Å²) in [6.07, 6.45) is 3.46. The summed E-state index contributed by atoms with van der Waals surface area (Å²) in [5, 5.41) is 7.78. The van der Waals surface area contributed by atoms with Gasteiger partial charge in [0.2, 0.25) is 0 Å². The topological polar surface area (TPSA) is 97.5 Å². The van der Waals surface area contributed by atoms with Crippen LogP contribution in [0.25, 0.3) is 0 Å². The molecule has 1 aliphatic rings. The van der Waals surface area contributed by atoms with Crippen LogP contribution < -0.4 is 11.5 Å². The van der Waals surface area contributed by atoms with E-state index < -0.39 is 0 Å². The summed E-state index contributed by atoms with van der Waals surface area (Å²) in [5.41, 5.74) is 16.4. The zero-order valence-corrected chi connectivity index (χ0v) is 11.8. The van der Waals surface area contributed by atoms with Crippen molar-refractivity contribution in [3.05, 3.63) is 41.2 Å². The first-order chi connectivity index (χ1) is 9.42. The van der Waals surface area contributed by atoms with Crippen molar-refractivity contribution in [1.82, 2.24) is 0 Å². The smallest absolute Gasteiger partial charge is 0.146 e. The largest absolute Gasteiger partial charge is 0.494 e. The van der Waals surface area contributed by atoms with E-state index in [1.54, 1.807) is 19.3 Å². The molecule has 0 atom stereocenters. The molecule has 1 aliphatic carbocycles. The number of anilines is 2. The molecule has 0 bridgehead atoms. The summed E-state index contributed by atoms with van der Waals surface area (Å²) in [6.45, 7) is 3.77. The minimum atomic E-state index is 0.419. The minimum Gasteiger partial charge on any atom is -0.494 e. The Bertz CT molecular complexity index is 669. The van der Waals surface area contributed by atoms with Gasteiger partial charge in [-0.3, -0.25) is 0 Å². The van der Waals surface area contributed by atoms with Crippen LogP contribution in [0.15, 0.2) is 40.6 Å². The van der Waals surface area contributed by atoms with Crippen LogP contribution in [0.5, 0.6) is 0 Å². The van der Waals surface area contributed by atoms with Gasteiger partial charge in [0.05, 0.1) is 24.2 Å². The Morgan fingerprint density at radius 3 is 2.45 bits per heavy atom. The third-order valence-corrected chi connectivity index (χ3v) is 3.18. The number of nitrogen functional groups attached to an aromatic ring is 2. The molecular formula is C15H18N4O. The molecule has 0 spiro atoms. The molecule has 0 fully saturated rings. The van der Waals surface area contributed by atoms with Crippen molar-refractivity contribution in [1.29, 1.82) is 5.41 Å². The van der Waals surface area contributed by atoms with E-state index in [0.29, 0.717) is 34.2 Å². The van der Waals surface area contributed by atoms with Gasteiger partial charge in [-0.25, -0.2) is 4.99 Å². The highest BCUT2D eigenvalue weighted by Crippen LogP contribution is 2.29. The van der Waals surface area contributed by atoms with E-state index >= 15 is 0 Å². The normalized spacial score (nSPS) is 16.9. The van der Waals surface area contributed by atoms with E-state index in [2.05, 4.69) is 4.99 Å². The van der Waals surface area contributed by atoms with Crippen LogP contribution in [0.4, 0.5) is 17.1 Å². The summed E-state index contributed by atoms with van der Waals surface area (Å²) < 4.78 is 5.27. The SMILES string of the molecule is COC1=CC(=N)C(C)=CC1=Nc1cc(C)c(N)cc1N. The number of aliphatic imine (C=N–C) groups is 1. The van der Waals surface area contributed by atoms with Gasteiger partial charge in [0.25, 0.3) is 0 Å². The van der Waals surface area contributed by atoms with Crippen molar-refractivity contribution in [2.45, 2.75) is 13.8 Å². The maximum Gasteiger partial charge on any atom is 0.146 e. The Labute approximate surface area is 118 Å². The third-order valence-electron chi connectivity index (χ3n) is 3.18. The number of allylic oxidation sites excluding steroid dienone is 3. The number of benzene rings is 1. The number of rotatable bonds is 2. The first-order valence-corrected chi connectivity index (χ1v) is 6.20. The Balaban J connectivity index is 2.52. The van der Waals surface area contributed by atoms with Crippen molar-refractivity contribution in [2.75, 3.05) is 18.6 Å². The molecule has 0 radical (unpaired) electrons. The molecule has 0 saturated carbocycles. The van der Waals surface area contributed by atoms with E-state index in [1.165, 1.54) is 0 Å². The van der Waals surface area contributed by atoms with Crippen molar-refractivity contribution < 1.29 is 4.74 Å². The van der Waals surface area contributed by atoms with Gasteiger partial charge in [-0.2, -0.15) is 0 Å². The lowest BCUT2D eigenvalue weighted by Crippen LogP contribution is -2.12. The van der Waals surface area contributed by atoms with E-state index in [0.717, 1.165) is 11.1 Å². The van der Waals surface area contributed by atoms with Crippen LogP contribution in [-0.2, 0) is 4.74 Å². The number of hydrogen-bond donors (Lipinski definition) is 3. The van der Waals surface area contributed by atoms with Gasteiger partial charge in [-0.1, -0.05) is 0 Å². The molecule has 0 heterocycles. The molecule has 20 heavy (non-hydrogen) atoms. The lowest BCUT2D eigenvalue weighted by Gasteiger charge is -2.14. The minimum absolute atomic E-state index is 0.419. The highest BCUT2D eigenvalue weighted by Gasteiger charge is 2.15. The predicted octanol–water partition coefficient (Wildman–Crippen LogP) is 2.74. The number of nitrogens with one attached hydrogen (secondary N) is 1. The van der Waals surface area contributed by atoms with Crippen LogP contribution in [0.2, 0.25) is 0 Å². The molecule has 5 nitrogen and oxygen atoms in total. The van der Waals surface area contributed by atoms with E-state index in [-0.39, 0.29) is 0 Å². The van der Waals surface area contributed by atoms with Crippen molar-refractivity contribution in [2.24, 2.45) is 4.99 Å². The number of nitrogens with zero attached hydrogens (tertiary/aromatic N) is 1. The van der Waals surface area contributed by atoms with E-state index in [4.69, 9.17) is 21.6 Å². The first-order valence-electron chi connectivity index (χ1n) is 6.20. The van der Waals surface area contributed by atoms with Gasteiger partial charge in [0, 0.05) is 11.8 Å². The third kappa shape index (κ3) is 2.56. The highest BCUT2D eigenvalue weighted by molar-refractivity contribution is 6.22. The zero-order valence-electron chi connectivity index (χ0n) is 11.8. The molecule has 1 aromatic rings. The van der Waals surface area contributed by atoms with E-state index in [1.807, 2.05) is 26.0 Å². The molecular weight excluding hydrogens is 252 g/mol. The number of aryl methyl sites for hydroxylation is 1. The van der Waals surface area contributed by atoms with Gasteiger partial charge in [-0.05, 0) is 43.2 Å². The number of ether oxygens (including phenoxy) is 1. The van der Waals surface area contributed by atoms with Crippen LogP contribution in [-0.4, -0.2) is 18.5 Å². The molecule has 0 aliphatic heterocycles. The second-order valence-electron chi connectivity index (χ2n) is 4.72. The monoisotopic (exact) mass is 270 g/mol. The molecule has 1 aromatic carbocycles. The molecule has 0 aromatic heterocycles. The molecule has 104 valence electrons. The molecule has 5 N–H and O–H groups in total. The van der Waals surface area contributed by atoms with Gasteiger partial charge in [-0.15, -0.1) is 0 Å². The number of nitrogens with two attached hydrogens (primary N) is 2. The lowest BCUT2D eigenvalue weighted by molar-refractivity contribution is 0.316. The molecule has 0 unspecified atom stereocenters. The summed E-state index contributed by atoms with van der Waals surface area (Å²) in [5.74, 6) is 0.550.